The molecule has 2 atom stereocenters. The highest BCUT2D eigenvalue weighted by Gasteiger charge is 2.38. The molecule has 0 unspecified atom stereocenters. The second kappa shape index (κ2) is 6.15. The number of carboxylic acid groups (broad SMARTS) is 1. The van der Waals surface area contributed by atoms with Crippen LogP contribution < -0.4 is 5.32 Å². The highest BCUT2D eigenvalue weighted by molar-refractivity contribution is 7.15. The van der Waals surface area contributed by atoms with Crippen LogP contribution in [0, 0.1) is 12.8 Å². The maximum absolute atomic E-state index is 11.6. The van der Waals surface area contributed by atoms with Crippen molar-refractivity contribution in [1.29, 1.82) is 0 Å². The van der Waals surface area contributed by atoms with E-state index in [0.717, 1.165) is 38.2 Å². The summed E-state index contributed by atoms with van der Waals surface area (Å²) >= 11 is 8.19. The van der Waals surface area contributed by atoms with Crippen LogP contribution in [-0.4, -0.2) is 25.8 Å². The van der Waals surface area contributed by atoms with E-state index in [1.807, 2.05) is 31.2 Å². The number of fused-ring (bicyclic) bond motifs is 5. The van der Waals surface area contributed by atoms with E-state index in [0.29, 0.717) is 24.4 Å². The molecular formula is C19H17ClN4O2S. The molecule has 138 valence electrons. The van der Waals surface area contributed by atoms with E-state index in [4.69, 9.17) is 11.6 Å². The Kier molecular flexibility index (Phi) is 3.86. The SMILES string of the molecule is Cc1nnc2n1-c1sc3c(c1[C@H](c1ccccc1Cl)NC2)C[C@@H](C(=O)O)C3. The van der Waals surface area contributed by atoms with E-state index in [-0.39, 0.29) is 12.0 Å². The molecule has 27 heavy (non-hydrogen) atoms. The molecule has 2 aromatic heterocycles. The van der Waals surface area contributed by atoms with E-state index in [9.17, 15) is 9.90 Å². The molecule has 0 saturated heterocycles. The first-order valence-electron chi connectivity index (χ1n) is 8.81. The molecule has 1 aromatic carbocycles. The first kappa shape index (κ1) is 16.9. The van der Waals surface area contributed by atoms with Crippen LogP contribution in [0.5, 0.6) is 0 Å². The molecule has 8 heteroatoms. The molecule has 1 aliphatic heterocycles. The van der Waals surface area contributed by atoms with E-state index >= 15 is 0 Å². The van der Waals surface area contributed by atoms with Crippen LogP contribution in [0.15, 0.2) is 24.3 Å². The van der Waals surface area contributed by atoms with Gasteiger partial charge in [0.05, 0.1) is 18.5 Å². The topological polar surface area (TPSA) is 80.0 Å². The van der Waals surface area contributed by atoms with Crippen LogP contribution >= 0.6 is 22.9 Å². The number of benzene rings is 1. The zero-order valence-electron chi connectivity index (χ0n) is 14.6. The van der Waals surface area contributed by atoms with Crippen molar-refractivity contribution in [3.05, 3.63) is 62.5 Å². The van der Waals surface area contributed by atoms with Gasteiger partial charge in [-0.15, -0.1) is 21.5 Å². The van der Waals surface area contributed by atoms with Crippen LogP contribution in [0.1, 0.15) is 39.3 Å². The van der Waals surface area contributed by atoms with E-state index in [2.05, 4.69) is 20.1 Å². The average molecular weight is 401 g/mol. The van der Waals surface area contributed by atoms with Gasteiger partial charge in [0.25, 0.3) is 0 Å². The van der Waals surface area contributed by atoms with Gasteiger partial charge in [-0.1, -0.05) is 29.8 Å². The normalized spacial score (nSPS) is 20.7. The van der Waals surface area contributed by atoms with Crippen molar-refractivity contribution >= 4 is 28.9 Å². The molecule has 3 heterocycles. The number of nitrogens with zero attached hydrogens (tertiary/aromatic N) is 3. The number of hydrogen-bond donors (Lipinski definition) is 2. The van der Waals surface area contributed by atoms with Gasteiger partial charge in [-0.3, -0.25) is 14.7 Å². The predicted molar refractivity (Wildman–Crippen MR) is 103 cm³/mol. The summed E-state index contributed by atoms with van der Waals surface area (Å²) in [7, 11) is 0. The number of aliphatic carboxylic acids is 1. The lowest BCUT2D eigenvalue weighted by atomic mass is 9.95. The van der Waals surface area contributed by atoms with E-state index in [1.54, 1.807) is 11.3 Å². The standard InChI is InChI=1S/C19H17ClN4O2S/c1-9-22-23-15-8-21-17(11-4-2-3-5-13(11)20)16-12-6-10(19(25)26)7-14(12)27-18(16)24(9)15/h2-5,10,17,21H,6-8H2,1H3,(H,25,26)/t10-,17+/m1/s1. The Morgan fingerprint density at radius 3 is 2.93 bits per heavy atom. The van der Waals surface area contributed by atoms with Crippen LogP contribution in [0.2, 0.25) is 5.02 Å². The summed E-state index contributed by atoms with van der Waals surface area (Å²) in [6, 6.07) is 7.70. The fraction of sp³-hybridized carbons (Fsp3) is 0.316. The van der Waals surface area contributed by atoms with Crippen molar-refractivity contribution in [3.8, 4) is 5.00 Å². The lowest BCUT2D eigenvalue weighted by Gasteiger charge is -2.20. The molecule has 3 aromatic rings. The number of halogens is 1. The molecule has 6 nitrogen and oxygen atoms in total. The molecular weight excluding hydrogens is 384 g/mol. The molecule has 2 aliphatic rings. The average Bonchev–Trinajstić information content (AvgIpc) is 3.27. The Labute approximate surface area is 164 Å². The highest BCUT2D eigenvalue weighted by Crippen LogP contribution is 2.46. The van der Waals surface area contributed by atoms with Crippen LogP contribution in [-0.2, 0) is 24.2 Å². The van der Waals surface area contributed by atoms with Gasteiger partial charge < -0.3 is 5.11 Å². The van der Waals surface area contributed by atoms with Crippen molar-refractivity contribution in [2.45, 2.75) is 32.4 Å². The second-order valence-electron chi connectivity index (χ2n) is 7.00. The summed E-state index contributed by atoms with van der Waals surface area (Å²) in [6.07, 6.45) is 1.13. The van der Waals surface area contributed by atoms with Gasteiger partial charge in [0.15, 0.2) is 5.82 Å². The minimum absolute atomic E-state index is 0.109. The van der Waals surface area contributed by atoms with Crippen molar-refractivity contribution in [1.82, 2.24) is 20.1 Å². The van der Waals surface area contributed by atoms with E-state index in [1.165, 1.54) is 0 Å². The van der Waals surface area contributed by atoms with E-state index < -0.39 is 5.97 Å². The third kappa shape index (κ3) is 2.53. The lowest BCUT2D eigenvalue weighted by Crippen LogP contribution is -2.22. The van der Waals surface area contributed by atoms with Gasteiger partial charge >= 0.3 is 5.97 Å². The Balaban J connectivity index is 1.74. The van der Waals surface area contributed by atoms with Gasteiger partial charge in [0, 0.05) is 15.5 Å². The summed E-state index contributed by atoms with van der Waals surface area (Å²) in [4.78, 5) is 12.7. The van der Waals surface area contributed by atoms with Gasteiger partial charge in [-0.05, 0) is 37.0 Å². The second-order valence-corrected chi connectivity index (χ2v) is 8.49. The van der Waals surface area contributed by atoms with Crippen LogP contribution in [0.25, 0.3) is 5.00 Å². The maximum atomic E-state index is 11.6. The fourth-order valence-electron chi connectivity index (χ4n) is 4.14. The Hall–Kier alpha value is -2.22. The Morgan fingerprint density at radius 2 is 2.15 bits per heavy atom. The molecule has 5 rings (SSSR count). The van der Waals surface area contributed by atoms with Gasteiger partial charge in [0.2, 0.25) is 0 Å². The summed E-state index contributed by atoms with van der Waals surface area (Å²) in [5.41, 5.74) is 3.26. The number of carbonyl (C=O) groups is 1. The van der Waals surface area contributed by atoms with Crippen molar-refractivity contribution < 1.29 is 9.90 Å². The highest BCUT2D eigenvalue weighted by atomic mass is 35.5. The first-order chi connectivity index (χ1) is 13.0. The molecule has 0 spiro atoms. The molecule has 0 radical (unpaired) electrons. The zero-order valence-corrected chi connectivity index (χ0v) is 16.1. The van der Waals surface area contributed by atoms with Crippen molar-refractivity contribution in [3.63, 3.8) is 0 Å². The Morgan fingerprint density at radius 1 is 1.33 bits per heavy atom. The number of nitrogens with one attached hydrogen (secondary N) is 1. The summed E-state index contributed by atoms with van der Waals surface area (Å²) in [5.74, 6) is 0.609. The molecule has 1 aliphatic carbocycles. The van der Waals surface area contributed by atoms with Gasteiger partial charge in [-0.25, -0.2) is 0 Å². The maximum Gasteiger partial charge on any atom is 0.307 e. The number of rotatable bonds is 2. The summed E-state index contributed by atoms with van der Waals surface area (Å²) in [5, 5.41) is 23.4. The zero-order chi connectivity index (χ0) is 18.7. The minimum atomic E-state index is -0.732. The third-order valence-electron chi connectivity index (χ3n) is 5.41. The number of thiophene rings is 1. The number of carboxylic acids is 1. The lowest BCUT2D eigenvalue weighted by molar-refractivity contribution is -0.141. The molecule has 2 N–H and O–H groups in total. The minimum Gasteiger partial charge on any atom is -0.481 e. The summed E-state index contributed by atoms with van der Waals surface area (Å²) in [6.45, 7) is 2.51. The fourth-order valence-corrected chi connectivity index (χ4v) is 5.90. The molecule has 0 fully saturated rings. The number of hydrogen-bond acceptors (Lipinski definition) is 5. The van der Waals surface area contributed by atoms with Gasteiger partial charge in [-0.2, -0.15) is 0 Å². The van der Waals surface area contributed by atoms with Crippen LogP contribution in [0.3, 0.4) is 0 Å². The first-order valence-corrected chi connectivity index (χ1v) is 10.0. The molecule has 0 bridgehead atoms. The quantitative estimate of drug-likeness (QED) is 0.690. The molecule has 0 saturated carbocycles. The summed E-state index contributed by atoms with van der Waals surface area (Å²) < 4.78 is 2.10. The Bertz CT molecular complexity index is 1070. The van der Waals surface area contributed by atoms with Crippen molar-refractivity contribution in [2.75, 3.05) is 0 Å². The largest absolute Gasteiger partial charge is 0.481 e. The third-order valence-corrected chi connectivity index (χ3v) is 7.01. The smallest absolute Gasteiger partial charge is 0.307 e. The molecule has 0 amide bonds. The van der Waals surface area contributed by atoms with Crippen LogP contribution in [0.4, 0.5) is 0 Å². The van der Waals surface area contributed by atoms with Crippen molar-refractivity contribution in [2.24, 2.45) is 5.92 Å². The van der Waals surface area contributed by atoms with Gasteiger partial charge in [0.1, 0.15) is 10.8 Å². The predicted octanol–water partition coefficient (Wildman–Crippen LogP) is 3.28. The monoisotopic (exact) mass is 400 g/mol. The number of aromatic nitrogens is 3. The number of aryl methyl sites for hydroxylation is 1.